The lowest BCUT2D eigenvalue weighted by molar-refractivity contribution is -0.130. The molecule has 1 aliphatic rings. The SMILES string of the molecule is CCc1ccc(C(=O)CCC(=O)N2CCC(CN)C2)cc1.Cl. The summed E-state index contributed by atoms with van der Waals surface area (Å²) < 4.78 is 0. The van der Waals surface area contributed by atoms with E-state index in [-0.39, 0.29) is 30.5 Å². The molecule has 2 rings (SSSR count). The molecule has 1 atom stereocenters. The van der Waals surface area contributed by atoms with Crippen LogP contribution in [0, 0.1) is 5.92 Å². The molecule has 122 valence electrons. The van der Waals surface area contributed by atoms with E-state index >= 15 is 0 Å². The summed E-state index contributed by atoms with van der Waals surface area (Å²) >= 11 is 0. The summed E-state index contributed by atoms with van der Waals surface area (Å²) in [5, 5.41) is 0. The minimum Gasteiger partial charge on any atom is -0.342 e. The molecule has 1 heterocycles. The van der Waals surface area contributed by atoms with Crippen molar-refractivity contribution in [1.29, 1.82) is 0 Å². The van der Waals surface area contributed by atoms with Crippen molar-refractivity contribution >= 4 is 24.1 Å². The van der Waals surface area contributed by atoms with E-state index < -0.39 is 0 Å². The Labute approximate surface area is 138 Å². The number of aryl methyl sites for hydroxylation is 1. The Balaban J connectivity index is 0.00000242. The van der Waals surface area contributed by atoms with E-state index in [0.29, 0.717) is 24.4 Å². The van der Waals surface area contributed by atoms with Crippen molar-refractivity contribution in [2.75, 3.05) is 19.6 Å². The molecule has 1 aliphatic heterocycles. The summed E-state index contributed by atoms with van der Waals surface area (Å²) in [6, 6.07) is 7.65. The number of amides is 1. The predicted molar refractivity (Wildman–Crippen MR) is 90.4 cm³/mol. The number of halogens is 1. The third kappa shape index (κ3) is 4.82. The van der Waals surface area contributed by atoms with E-state index in [1.165, 1.54) is 5.56 Å². The highest BCUT2D eigenvalue weighted by molar-refractivity contribution is 5.98. The summed E-state index contributed by atoms with van der Waals surface area (Å²) in [5.41, 5.74) is 7.54. The summed E-state index contributed by atoms with van der Waals surface area (Å²) in [6.07, 6.45) is 2.53. The van der Waals surface area contributed by atoms with E-state index in [1.54, 1.807) is 0 Å². The molecule has 1 saturated heterocycles. The number of hydrogen-bond acceptors (Lipinski definition) is 3. The molecule has 0 aliphatic carbocycles. The van der Waals surface area contributed by atoms with Gasteiger partial charge in [0.1, 0.15) is 0 Å². The molecule has 4 nitrogen and oxygen atoms in total. The second kappa shape index (κ2) is 8.91. The normalized spacial score (nSPS) is 17.2. The Kier molecular flexibility index (Phi) is 7.56. The number of nitrogens with zero attached hydrogens (tertiary/aromatic N) is 1. The topological polar surface area (TPSA) is 63.4 Å². The molecular weight excluding hydrogens is 300 g/mol. The van der Waals surface area contributed by atoms with E-state index in [0.717, 1.165) is 25.9 Å². The van der Waals surface area contributed by atoms with E-state index in [4.69, 9.17) is 5.73 Å². The molecule has 0 bridgehead atoms. The van der Waals surface area contributed by atoms with Gasteiger partial charge in [0.15, 0.2) is 5.78 Å². The number of hydrogen-bond donors (Lipinski definition) is 1. The van der Waals surface area contributed by atoms with Crippen LogP contribution in [-0.2, 0) is 11.2 Å². The summed E-state index contributed by atoms with van der Waals surface area (Å²) in [7, 11) is 0. The smallest absolute Gasteiger partial charge is 0.223 e. The average molecular weight is 325 g/mol. The number of carbonyl (C=O) groups excluding carboxylic acids is 2. The van der Waals surface area contributed by atoms with Crippen LogP contribution in [0.25, 0.3) is 0 Å². The highest BCUT2D eigenvalue weighted by Gasteiger charge is 2.25. The quantitative estimate of drug-likeness (QED) is 0.817. The van der Waals surface area contributed by atoms with Crippen molar-refractivity contribution in [3.63, 3.8) is 0 Å². The highest BCUT2D eigenvalue weighted by Crippen LogP contribution is 2.17. The van der Waals surface area contributed by atoms with Gasteiger partial charge in [0.25, 0.3) is 0 Å². The maximum atomic E-state index is 12.1. The molecule has 2 N–H and O–H groups in total. The first-order valence-electron chi connectivity index (χ1n) is 7.74. The minimum absolute atomic E-state index is 0. The number of nitrogens with two attached hydrogens (primary N) is 1. The fraction of sp³-hybridized carbons (Fsp3) is 0.529. The molecule has 1 amide bonds. The summed E-state index contributed by atoms with van der Waals surface area (Å²) in [5.74, 6) is 0.538. The fourth-order valence-electron chi connectivity index (χ4n) is 2.70. The molecule has 0 spiro atoms. The van der Waals surface area contributed by atoms with Gasteiger partial charge in [-0.15, -0.1) is 12.4 Å². The maximum Gasteiger partial charge on any atom is 0.223 e. The third-order valence-corrected chi connectivity index (χ3v) is 4.22. The number of ketones is 1. The van der Waals surface area contributed by atoms with Gasteiger partial charge in [0, 0.05) is 31.5 Å². The standard InChI is InChI=1S/C17H24N2O2.ClH/c1-2-13-3-5-15(6-4-13)16(20)7-8-17(21)19-10-9-14(11-18)12-19;/h3-6,14H,2,7-12,18H2,1H3;1H. The third-order valence-electron chi connectivity index (χ3n) is 4.22. The number of benzene rings is 1. The first kappa shape index (κ1) is 18.7. The fourth-order valence-corrected chi connectivity index (χ4v) is 2.70. The van der Waals surface area contributed by atoms with Crippen LogP contribution >= 0.6 is 12.4 Å². The van der Waals surface area contributed by atoms with Crippen LogP contribution in [0.2, 0.25) is 0 Å². The molecule has 1 aromatic rings. The number of carbonyl (C=O) groups is 2. The number of rotatable bonds is 6. The largest absolute Gasteiger partial charge is 0.342 e. The molecule has 0 radical (unpaired) electrons. The Morgan fingerprint density at radius 1 is 1.23 bits per heavy atom. The lowest BCUT2D eigenvalue weighted by atomic mass is 10.0. The molecule has 1 fully saturated rings. The van der Waals surface area contributed by atoms with Crippen LogP contribution in [0.4, 0.5) is 0 Å². The van der Waals surface area contributed by atoms with Crippen molar-refractivity contribution in [2.45, 2.75) is 32.6 Å². The Morgan fingerprint density at radius 3 is 2.45 bits per heavy atom. The van der Waals surface area contributed by atoms with Crippen LogP contribution in [0.3, 0.4) is 0 Å². The molecule has 22 heavy (non-hydrogen) atoms. The Bertz CT molecular complexity index is 502. The first-order chi connectivity index (χ1) is 10.1. The number of likely N-dealkylation sites (tertiary alicyclic amines) is 1. The highest BCUT2D eigenvalue weighted by atomic mass is 35.5. The van der Waals surface area contributed by atoms with E-state index in [1.807, 2.05) is 29.2 Å². The van der Waals surface area contributed by atoms with Crippen LogP contribution in [0.1, 0.15) is 42.1 Å². The molecule has 5 heteroatoms. The average Bonchev–Trinajstić information content (AvgIpc) is 3.01. The van der Waals surface area contributed by atoms with Gasteiger partial charge in [-0.3, -0.25) is 9.59 Å². The van der Waals surface area contributed by atoms with Gasteiger partial charge in [-0.05, 0) is 30.9 Å². The Morgan fingerprint density at radius 2 is 1.91 bits per heavy atom. The minimum atomic E-state index is 0. The van der Waals surface area contributed by atoms with E-state index in [2.05, 4.69) is 6.92 Å². The summed E-state index contributed by atoms with van der Waals surface area (Å²) in [6.45, 7) is 4.24. The van der Waals surface area contributed by atoms with Crippen LogP contribution in [0.15, 0.2) is 24.3 Å². The molecule has 1 unspecified atom stereocenters. The Hall–Kier alpha value is -1.39. The lowest BCUT2D eigenvalue weighted by Gasteiger charge is -2.15. The van der Waals surface area contributed by atoms with Gasteiger partial charge >= 0.3 is 0 Å². The van der Waals surface area contributed by atoms with Crippen LogP contribution in [-0.4, -0.2) is 36.2 Å². The molecule has 1 aromatic carbocycles. The summed E-state index contributed by atoms with van der Waals surface area (Å²) in [4.78, 5) is 26.0. The zero-order chi connectivity index (χ0) is 15.2. The van der Waals surface area contributed by atoms with Crippen molar-refractivity contribution < 1.29 is 9.59 Å². The van der Waals surface area contributed by atoms with Gasteiger partial charge in [0.2, 0.25) is 5.91 Å². The van der Waals surface area contributed by atoms with Crippen LogP contribution in [0.5, 0.6) is 0 Å². The zero-order valence-corrected chi connectivity index (χ0v) is 13.9. The monoisotopic (exact) mass is 324 g/mol. The second-order valence-corrected chi connectivity index (χ2v) is 5.70. The van der Waals surface area contributed by atoms with Crippen molar-refractivity contribution in [3.05, 3.63) is 35.4 Å². The predicted octanol–water partition coefficient (Wildman–Crippen LogP) is 2.44. The van der Waals surface area contributed by atoms with Gasteiger partial charge in [-0.1, -0.05) is 31.2 Å². The second-order valence-electron chi connectivity index (χ2n) is 5.70. The van der Waals surface area contributed by atoms with Crippen molar-refractivity contribution in [3.8, 4) is 0 Å². The van der Waals surface area contributed by atoms with Gasteiger partial charge in [-0.2, -0.15) is 0 Å². The number of Topliss-reactive ketones (excluding diaryl/α,β-unsaturated/α-hetero) is 1. The van der Waals surface area contributed by atoms with Crippen molar-refractivity contribution in [1.82, 2.24) is 4.90 Å². The van der Waals surface area contributed by atoms with E-state index in [9.17, 15) is 9.59 Å². The van der Waals surface area contributed by atoms with Gasteiger partial charge in [-0.25, -0.2) is 0 Å². The lowest BCUT2D eigenvalue weighted by Crippen LogP contribution is -2.30. The van der Waals surface area contributed by atoms with Gasteiger partial charge < -0.3 is 10.6 Å². The maximum absolute atomic E-state index is 12.1. The first-order valence-corrected chi connectivity index (χ1v) is 7.74. The molecular formula is C17H25ClN2O2. The molecule has 0 aromatic heterocycles. The van der Waals surface area contributed by atoms with Gasteiger partial charge in [0.05, 0.1) is 0 Å². The zero-order valence-electron chi connectivity index (χ0n) is 13.1. The molecule has 0 saturated carbocycles. The van der Waals surface area contributed by atoms with Crippen LogP contribution < -0.4 is 5.73 Å². The van der Waals surface area contributed by atoms with Crippen molar-refractivity contribution in [2.24, 2.45) is 11.7 Å².